The Hall–Kier alpha value is -3.04. The molecule has 142 valence electrons. The van der Waals surface area contributed by atoms with Gasteiger partial charge in [0, 0.05) is 4.88 Å². The van der Waals surface area contributed by atoms with E-state index < -0.39 is 5.69 Å². The minimum Gasteiger partial charge on any atom is -0.343 e. The predicted octanol–water partition coefficient (Wildman–Crippen LogP) is 2.77. The number of hydrogen-bond donors (Lipinski definition) is 1. The molecule has 3 aromatic heterocycles. The van der Waals surface area contributed by atoms with Crippen LogP contribution in [0, 0.1) is 6.92 Å². The Morgan fingerprint density at radius 1 is 1.07 bits per heavy atom. The lowest BCUT2D eigenvalue weighted by Crippen LogP contribution is -2.35. The second kappa shape index (κ2) is 7.91. The van der Waals surface area contributed by atoms with Gasteiger partial charge in [-0.05, 0) is 51.9 Å². The van der Waals surface area contributed by atoms with Gasteiger partial charge < -0.3 is 5.32 Å². The highest BCUT2D eigenvalue weighted by Gasteiger charge is 2.20. The van der Waals surface area contributed by atoms with Crippen molar-refractivity contribution in [3.8, 4) is 5.00 Å². The fourth-order valence-electron chi connectivity index (χ4n) is 2.78. The molecule has 1 amide bonds. The molecule has 0 radical (unpaired) electrons. The Bertz CT molecular complexity index is 1110. The van der Waals surface area contributed by atoms with Crippen LogP contribution in [0.25, 0.3) is 5.00 Å². The molecule has 0 aliphatic carbocycles. The van der Waals surface area contributed by atoms with E-state index in [9.17, 15) is 9.59 Å². The highest BCUT2D eigenvalue weighted by molar-refractivity contribution is 7.12. The van der Waals surface area contributed by atoms with Crippen LogP contribution in [0.15, 0.2) is 64.1 Å². The molecule has 0 saturated carbocycles. The van der Waals surface area contributed by atoms with E-state index in [4.69, 9.17) is 0 Å². The fourth-order valence-corrected chi connectivity index (χ4v) is 4.25. The SMILES string of the molecule is Cc1ccc([C@H](NC(=O)Cn2nnn(-c3cccs3)c2=O)c2cccs2)cc1. The summed E-state index contributed by atoms with van der Waals surface area (Å²) in [7, 11) is 0. The van der Waals surface area contributed by atoms with E-state index in [0.29, 0.717) is 5.00 Å². The summed E-state index contributed by atoms with van der Waals surface area (Å²) in [5.41, 5.74) is 1.69. The summed E-state index contributed by atoms with van der Waals surface area (Å²) in [6, 6.07) is 15.3. The number of carbonyl (C=O) groups is 1. The summed E-state index contributed by atoms with van der Waals surface area (Å²) in [6.07, 6.45) is 0. The molecule has 0 spiro atoms. The zero-order valence-corrected chi connectivity index (χ0v) is 16.6. The molecule has 0 aliphatic heterocycles. The fraction of sp³-hybridized carbons (Fsp3) is 0.158. The van der Waals surface area contributed by atoms with E-state index in [2.05, 4.69) is 15.7 Å². The average molecular weight is 412 g/mol. The van der Waals surface area contributed by atoms with Gasteiger partial charge in [0.25, 0.3) is 0 Å². The van der Waals surface area contributed by atoms with E-state index in [0.717, 1.165) is 20.7 Å². The van der Waals surface area contributed by atoms with Crippen molar-refractivity contribution in [2.75, 3.05) is 0 Å². The second-order valence-corrected chi connectivity index (χ2v) is 8.11. The number of nitrogens with zero attached hydrogens (tertiary/aromatic N) is 4. The third kappa shape index (κ3) is 3.80. The van der Waals surface area contributed by atoms with Gasteiger partial charge in [0.2, 0.25) is 5.91 Å². The number of hydrogen-bond acceptors (Lipinski definition) is 6. The average Bonchev–Trinajstić information content (AvgIpc) is 3.44. The molecular weight excluding hydrogens is 394 g/mol. The number of carbonyl (C=O) groups excluding carboxylic acids is 1. The maximum Gasteiger partial charge on any atom is 0.369 e. The molecule has 4 rings (SSSR count). The Balaban J connectivity index is 1.54. The lowest BCUT2D eigenvalue weighted by molar-refractivity contribution is -0.122. The predicted molar refractivity (Wildman–Crippen MR) is 109 cm³/mol. The first-order valence-corrected chi connectivity index (χ1v) is 10.3. The molecule has 0 aliphatic rings. The molecule has 1 aromatic carbocycles. The van der Waals surface area contributed by atoms with Gasteiger partial charge in [-0.15, -0.1) is 22.7 Å². The number of aryl methyl sites for hydroxylation is 1. The molecule has 28 heavy (non-hydrogen) atoms. The topological polar surface area (TPSA) is 81.8 Å². The molecule has 4 aromatic rings. The van der Waals surface area contributed by atoms with Gasteiger partial charge in [0.05, 0.1) is 6.04 Å². The van der Waals surface area contributed by atoms with Gasteiger partial charge in [-0.2, -0.15) is 9.36 Å². The highest BCUT2D eigenvalue weighted by atomic mass is 32.1. The summed E-state index contributed by atoms with van der Waals surface area (Å²) >= 11 is 2.95. The number of amides is 1. The first-order valence-electron chi connectivity index (χ1n) is 8.58. The molecule has 1 N–H and O–H groups in total. The first-order chi connectivity index (χ1) is 13.6. The number of thiophene rings is 2. The van der Waals surface area contributed by atoms with Crippen molar-refractivity contribution in [1.82, 2.24) is 25.1 Å². The van der Waals surface area contributed by atoms with Gasteiger partial charge in [-0.3, -0.25) is 4.79 Å². The van der Waals surface area contributed by atoms with Crippen molar-refractivity contribution in [2.24, 2.45) is 0 Å². The van der Waals surface area contributed by atoms with E-state index in [1.54, 1.807) is 17.4 Å². The first kappa shape index (κ1) is 18.3. The van der Waals surface area contributed by atoms with Crippen molar-refractivity contribution in [1.29, 1.82) is 0 Å². The van der Waals surface area contributed by atoms with Crippen LogP contribution in [0.1, 0.15) is 22.0 Å². The van der Waals surface area contributed by atoms with Crippen LogP contribution in [0.4, 0.5) is 0 Å². The smallest absolute Gasteiger partial charge is 0.343 e. The third-order valence-electron chi connectivity index (χ3n) is 4.19. The van der Waals surface area contributed by atoms with E-state index in [-0.39, 0.29) is 18.5 Å². The quantitative estimate of drug-likeness (QED) is 0.529. The standard InChI is InChI=1S/C19H17N5O2S2/c1-13-6-8-14(9-7-13)18(15-4-2-10-27-15)20-16(25)12-23-19(26)24(22-21-23)17-5-3-11-28-17/h2-11,18H,12H2,1H3,(H,20,25)/t18-/m0/s1. The molecule has 0 saturated heterocycles. The van der Waals surface area contributed by atoms with Crippen molar-refractivity contribution < 1.29 is 4.79 Å². The van der Waals surface area contributed by atoms with Crippen LogP contribution < -0.4 is 11.0 Å². The van der Waals surface area contributed by atoms with Crippen LogP contribution in [0.3, 0.4) is 0 Å². The largest absolute Gasteiger partial charge is 0.369 e. The highest BCUT2D eigenvalue weighted by Crippen LogP contribution is 2.26. The zero-order valence-electron chi connectivity index (χ0n) is 15.0. The van der Waals surface area contributed by atoms with Gasteiger partial charge in [0.1, 0.15) is 11.5 Å². The van der Waals surface area contributed by atoms with Gasteiger partial charge >= 0.3 is 5.69 Å². The van der Waals surface area contributed by atoms with Crippen molar-refractivity contribution in [2.45, 2.75) is 19.5 Å². The molecule has 0 unspecified atom stereocenters. The number of aromatic nitrogens is 4. The summed E-state index contributed by atoms with van der Waals surface area (Å²) in [6.45, 7) is 1.82. The molecule has 0 fully saturated rings. The minimum atomic E-state index is -0.444. The van der Waals surface area contributed by atoms with Crippen LogP contribution in [-0.2, 0) is 11.3 Å². The number of benzene rings is 1. The number of nitrogens with one attached hydrogen (secondary N) is 1. The third-order valence-corrected chi connectivity index (χ3v) is 5.97. The maximum absolute atomic E-state index is 12.7. The molecule has 7 nitrogen and oxygen atoms in total. The zero-order chi connectivity index (χ0) is 19.5. The van der Waals surface area contributed by atoms with E-state index in [1.807, 2.05) is 60.1 Å². The Labute approximate surface area is 168 Å². The molecule has 0 bridgehead atoms. The molecule has 1 atom stereocenters. The number of rotatable bonds is 6. The van der Waals surface area contributed by atoms with Gasteiger partial charge in [-0.1, -0.05) is 35.9 Å². The molecule has 9 heteroatoms. The molecular formula is C19H17N5O2S2. The van der Waals surface area contributed by atoms with E-state index >= 15 is 0 Å². The monoisotopic (exact) mass is 411 g/mol. The van der Waals surface area contributed by atoms with Crippen LogP contribution in [-0.4, -0.2) is 25.7 Å². The summed E-state index contributed by atoms with van der Waals surface area (Å²) in [4.78, 5) is 26.1. The lowest BCUT2D eigenvalue weighted by Gasteiger charge is -2.18. The summed E-state index contributed by atoms with van der Waals surface area (Å²) < 4.78 is 2.25. The van der Waals surface area contributed by atoms with Crippen molar-refractivity contribution in [3.63, 3.8) is 0 Å². The van der Waals surface area contributed by atoms with Crippen LogP contribution in [0.2, 0.25) is 0 Å². The van der Waals surface area contributed by atoms with Gasteiger partial charge in [-0.25, -0.2) is 4.79 Å². The van der Waals surface area contributed by atoms with Crippen LogP contribution in [0.5, 0.6) is 0 Å². The van der Waals surface area contributed by atoms with Crippen molar-refractivity contribution >= 4 is 28.6 Å². The number of tetrazole rings is 1. The normalized spacial score (nSPS) is 12.0. The van der Waals surface area contributed by atoms with Gasteiger partial charge in [0.15, 0.2) is 0 Å². The Kier molecular flexibility index (Phi) is 5.18. The van der Waals surface area contributed by atoms with E-state index in [1.165, 1.54) is 16.0 Å². The minimum absolute atomic E-state index is 0.196. The maximum atomic E-state index is 12.7. The summed E-state index contributed by atoms with van der Waals surface area (Å²) in [5.74, 6) is -0.306. The molecule has 3 heterocycles. The lowest BCUT2D eigenvalue weighted by atomic mass is 10.0. The van der Waals surface area contributed by atoms with Crippen LogP contribution >= 0.6 is 22.7 Å². The Morgan fingerprint density at radius 3 is 2.50 bits per heavy atom. The van der Waals surface area contributed by atoms with Crippen molar-refractivity contribution in [3.05, 3.63) is 85.8 Å². The Morgan fingerprint density at radius 2 is 1.82 bits per heavy atom. The second-order valence-electron chi connectivity index (χ2n) is 6.21. The summed E-state index contributed by atoms with van der Waals surface area (Å²) in [5, 5.41) is 15.2.